The van der Waals surface area contributed by atoms with Gasteiger partial charge in [-0.1, -0.05) is 30.3 Å². The lowest BCUT2D eigenvalue weighted by Gasteiger charge is -2.06. The molecule has 0 saturated carbocycles. The van der Waals surface area contributed by atoms with Crippen LogP contribution in [0.25, 0.3) is 16.8 Å². The van der Waals surface area contributed by atoms with Crippen LogP contribution in [-0.2, 0) is 6.18 Å². The maximum atomic E-state index is 13.3. The van der Waals surface area contributed by atoms with Gasteiger partial charge in [0.15, 0.2) is 11.3 Å². The summed E-state index contributed by atoms with van der Waals surface area (Å²) < 4.78 is 41.2. The Labute approximate surface area is 119 Å². The van der Waals surface area contributed by atoms with E-state index in [0.29, 0.717) is 17.0 Å². The van der Waals surface area contributed by atoms with E-state index in [-0.39, 0.29) is 11.2 Å². The number of nitrogens with zero attached hydrogens (tertiary/aromatic N) is 3. The van der Waals surface area contributed by atoms with E-state index in [0.717, 1.165) is 0 Å². The first-order chi connectivity index (χ1) is 9.88. The number of halogens is 3. The number of aryl methyl sites for hydroxylation is 2. The maximum absolute atomic E-state index is 13.3. The summed E-state index contributed by atoms with van der Waals surface area (Å²) in [7, 11) is 0. The van der Waals surface area contributed by atoms with Gasteiger partial charge in [-0.3, -0.25) is 0 Å². The normalized spacial score (nSPS) is 12.0. The van der Waals surface area contributed by atoms with Crippen LogP contribution in [0.3, 0.4) is 0 Å². The van der Waals surface area contributed by atoms with Gasteiger partial charge in [0.05, 0.1) is 5.56 Å². The molecule has 1 aromatic carbocycles. The molecule has 2 aromatic heterocycles. The van der Waals surface area contributed by atoms with Gasteiger partial charge in [0.1, 0.15) is 0 Å². The van der Waals surface area contributed by atoms with Gasteiger partial charge >= 0.3 is 6.18 Å². The Balaban J connectivity index is 2.44. The molecule has 3 aromatic rings. The minimum absolute atomic E-state index is 0.0231. The Morgan fingerprint density at radius 2 is 1.71 bits per heavy atom. The fourth-order valence-electron chi connectivity index (χ4n) is 2.39. The molecule has 0 amide bonds. The average molecular weight is 291 g/mol. The van der Waals surface area contributed by atoms with Crippen molar-refractivity contribution in [1.29, 1.82) is 0 Å². The Bertz CT molecular complexity index is 804. The number of aromatic nitrogens is 3. The number of fused-ring (bicyclic) bond motifs is 1. The largest absolute Gasteiger partial charge is 0.435 e. The molecule has 0 aliphatic rings. The summed E-state index contributed by atoms with van der Waals surface area (Å²) in [5, 5.41) is 3.73. The van der Waals surface area contributed by atoms with E-state index < -0.39 is 11.9 Å². The molecule has 6 heteroatoms. The third-order valence-electron chi connectivity index (χ3n) is 3.23. The predicted octanol–water partition coefficient (Wildman–Crippen LogP) is 4.03. The molecule has 0 radical (unpaired) electrons. The molecular weight excluding hydrogens is 279 g/mol. The average Bonchev–Trinajstić information content (AvgIpc) is 2.79. The summed E-state index contributed by atoms with van der Waals surface area (Å²) in [6, 6.07) is 10.1. The molecule has 0 saturated heterocycles. The Morgan fingerprint density at radius 1 is 1.05 bits per heavy atom. The smallest absolute Gasteiger partial charge is 0.233 e. The van der Waals surface area contributed by atoms with Crippen LogP contribution in [0, 0.1) is 13.8 Å². The van der Waals surface area contributed by atoms with Crippen molar-refractivity contribution in [1.82, 2.24) is 14.6 Å². The zero-order valence-electron chi connectivity index (χ0n) is 11.4. The zero-order chi connectivity index (χ0) is 15.2. The van der Waals surface area contributed by atoms with E-state index in [2.05, 4.69) is 10.1 Å². The first kappa shape index (κ1) is 13.6. The van der Waals surface area contributed by atoms with Crippen LogP contribution in [0.1, 0.15) is 17.1 Å². The van der Waals surface area contributed by atoms with Crippen molar-refractivity contribution < 1.29 is 13.2 Å². The molecule has 0 aliphatic heterocycles. The predicted molar refractivity (Wildman–Crippen MR) is 72.9 cm³/mol. The topological polar surface area (TPSA) is 30.2 Å². The summed E-state index contributed by atoms with van der Waals surface area (Å²) in [5.74, 6) is 0. The molecule has 0 aliphatic carbocycles. The molecule has 0 bridgehead atoms. The van der Waals surface area contributed by atoms with Crippen LogP contribution in [0.15, 0.2) is 36.4 Å². The van der Waals surface area contributed by atoms with Crippen LogP contribution in [0.5, 0.6) is 0 Å². The lowest BCUT2D eigenvalue weighted by Crippen LogP contribution is -2.08. The summed E-state index contributed by atoms with van der Waals surface area (Å²) in [5.41, 5.74) is 1.07. The highest BCUT2D eigenvalue weighted by atomic mass is 19.4. The van der Waals surface area contributed by atoms with Crippen LogP contribution < -0.4 is 0 Å². The highest BCUT2D eigenvalue weighted by molar-refractivity contribution is 5.80. The third-order valence-corrected chi connectivity index (χ3v) is 3.23. The number of hydrogen-bond donors (Lipinski definition) is 0. The van der Waals surface area contributed by atoms with Crippen molar-refractivity contribution in [3.05, 3.63) is 53.5 Å². The van der Waals surface area contributed by atoms with Gasteiger partial charge in [-0.2, -0.15) is 18.3 Å². The second-order valence-corrected chi connectivity index (χ2v) is 4.86. The molecule has 21 heavy (non-hydrogen) atoms. The molecule has 3 rings (SSSR count). The second kappa shape index (κ2) is 4.58. The number of benzene rings is 1. The minimum atomic E-state index is -4.53. The van der Waals surface area contributed by atoms with Gasteiger partial charge in [0, 0.05) is 11.4 Å². The van der Waals surface area contributed by atoms with Crippen molar-refractivity contribution in [2.45, 2.75) is 20.0 Å². The van der Waals surface area contributed by atoms with E-state index in [9.17, 15) is 13.2 Å². The Kier molecular flexibility index (Phi) is 2.97. The summed E-state index contributed by atoms with van der Waals surface area (Å²) in [4.78, 5) is 4.25. The maximum Gasteiger partial charge on any atom is 0.435 e. The van der Waals surface area contributed by atoms with E-state index in [4.69, 9.17) is 0 Å². The van der Waals surface area contributed by atoms with Gasteiger partial charge in [0.25, 0.3) is 0 Å². The van der Waals surface area contributed by atoms with Crippen molar-refractivity contribution in [2.75, 3.05) is 0 Å². The van der Waals surface area contributed by atoms with Crippen LogP contribution in [0.2, 0.25) is 0 Å². The fraction of sp³-hybridized carbons (Fsp3) is 0.200. The molecule has 0 atom stereocenters. The molecule has 0 unspecified atom stereocenters. The standard InChI is InChI=1S/C15H12F3N3/c1-9-8-10(2)21-14(19-9)12(11-6-4-3-5-7-11)13(20-21)15(16,17)18/h3-8H,1-2H3. The highest BCUT2D eigenvalue weighted by Gasteiger charge is 2.39. The summed E-state index contributed by atoms with van der Waals surface area (Å²) >= 11 is 0. The lowest BCUT2D eigenvalue weighted by atomic mass is 10.1. The van der Waals surface area contributed by atoms with E-state index in [1.165, 1.54) is 4.52 Å². The molecule has 0 spiro atoms. The first-order valence-corrected chi connectivity index (χ1v) is 6.37. The fourth-order valence-corrected chi connectivity index (χ4v) is 2.39. The molecule has 0 N–H and O–H groups in total. The van der Waals surface area contributed by atoms with Crippen molar-refractivity contribution >= 4 is 5.65 Å². The molecule has 0 fully saturated rings. The summed E-state index contributed by atoms with van der Waals surface area (Å²) in [6.45, 7) is 3.46. The van der Waals surface area contributed by atoms with Crippen LogP contribution in [0.4, 0.5) is 13.2 Å². The molecule has 2 heterocycles. The molecule has 108 valence electrons. The van der Waals surface area contributed by atoms with Gasteiger partial charge < -0.3 is 0 Å². The number of hydrogen-bond acceptors (Lipinski definition) is 2. The number of alkyl halides is 3. The summed E-state index contributed by atoms with van der Waals surface area (Å²) in [6.07, 6.45) is -4.53. The van der Waals surface area contributed by atoms with Gasteiger partial charge in [-0.25, -0.2) is 9.50 Å². The SMILES string of the molecule is Cc1cc(C)n2nc(C(F)(F)F)c(-c3ccccc3)c2n1. The third kappa shape index (κ3) is 2.26. The van der Waals surface area contributed by atoms with Crippen molar-refractivity contribution in [3.63, 3.8) is 0 Å². The van der Waals surface area contributed by atoms with Crippen LogP contribution in [-0.4, -0.2) is 14.6 Å². The van der Waals surface area contributed by atoms with Crippen LogP contribution >= 0.6 is 0 Å². The lowest BCUT2D eigenvalue weighted by molar-refractivity contribution is -0.140. The Hall–Kier alpha value is -2.37. The monoisotopic (exact) mass is 291 g/mol. The van der Waals surface area contributed by atoms with E-state index in [1.54, 1.807) is 50.2 Å². The van der Waals surface area contributed by atoms with Crippen molar-refractivity contribution in [2.24, 2.45) is 0 Å². The van der Waals surface area contributed by atoms with E-state index in [1.807, 2.05) is 0 Å². The molecule has 3 nitrogen and oxygen atoms in total. The van der Waals surface area contributed by atoms with Gasteiger partial charge in [-0.05, 0) is 25.5 Å². The minimum Gasteiger partial charge on any atom is -0.233 e. The van der Waals surface area contributed by atoms with Gasteiger partial charge in [-0.15, -0.1) is 0 Å². The number of rotatable bonds is 1. The zero-order valence-corrected chi connectivity index (χ0v) is 11.4. The Morgan fingerprint density at radius 3 is 2.33 bits per heavy atom. The highest BCUT2D eigenvalue weighted by Crippen LogP contribution is 2.38. The van der Waals surface area contributed by atoms with E-state index >= 15 is 0 Å². The quantitative estimate of drug-likeness (QED) is 0.677. The first-order valence-electron chi connectivity index (χ1n) is 6.37. The van der Waals surface area contributed by atoms with Gasteiger partial charge in [0.2, 0.25) is 0 Å². The second-order valence-electron chi connectivity index (χ2n) is 4.86. The molecular formula is C15H12F3N3. The van der Waals surface area contributed by atoms with Crippen molar-refractivity contribution in [3.8, 4) is 11.1 Å².